The molecule has 0 fully saturated rings. The molecule has 26 heavy (non-hydrogen) atoms. The lowest BCUT2D eigenvalue weighted by Gasteiger charge is -2.13. The van der Waals surface area contributed by atoms with Crippen LogP contribution in [0.2, 0.25) is 0 Å². The van der Waals surface area contributed by atoms with E-state index in [4.69, 9.17) is 9.47 Å². The zero-order valence-corrected chi connectivity index (χ0v) is 15.5. The van der Waals surface area contributed by atoms with Crippen LogP contribution in [0.25, 0.3) is 27.2 Å². The van der Waals surface area contributed by atoms with Crippen LogP contribution < -0.4 is 14.0 Å². The van der Waals surface area contributed by atoms with Crippen LogP contribution in [-0.2, 0) is 0 Å². The molecule has 3 heteroatoms. The van der Waals surface area contributed by atoms with Gasteiger partial charge in [0.1, 0.15) is 11.5 Å². The van der Waals surface area contributed by atoms with Gasteiger partial charge in [-0.25, -0.2) is 0 Å². The molecule has 0 aliphatic carbocycles. The van der Waals surface area contributed by atoms with Gasteiger partial charge in [-0.3, -0.25) is 0 Å². The number of rotatable bonds is 3. The summed E-state index contributed by atoms with van der Waals surface area (Å²) < 4.78 is 13.4. The van der Waals surface area contributed by atoms with Gasteiger partial charge in [0.2, 0.25) is 5.69 Å². The first-order valence-corrected chi connectivity index (χ1v) is 8.70. The molecule has 0 bridgehead atoms. The highest BCUT2D eigenvalue weighted by atomic mass is 16.5. The Morgan fingerprint density at radius 3 is 2.31 bits per heavy atom. The molecule has 3 aromatic carbocycles. The fourth-order valence-corrected chi connectivity index (χ4v) is 3.83. The average molecular weight is 344 g/mol. The summed E-state index contributed by atoms with van der Waals surface area (Å²) >= 11 is 0. The van der Waals surface area contributed by atoms with E-state index in [2.05, 4.69) is 73.0 Å². The predicted octanol–water partition coefficient (Wildman–Crippen LogP) is 4.90. The lowest BCUT2D eigenvalue weighted by molar-refractivity contribution is -0.606. The van der Waals surface area contributed by atoms with Crippen LogP contribution in [0, 0.1) is 13.8 Å². The molecule has 0 unspecified atom stereocenters. The number of hydrogen-bond donors (Lipinski definition) is 0. The second kappa shape index (κ2) is 6.34. The lowest BCUT2D eigenvalue weighted by Crippen LogP contribution is -2.38. The molecule has 0 spiro atoms. The van der Waals surface area contributed by atoms with E-state index in [0.717, 1.165) is 28.0 Å². The second-order valence-electron chi connectivity index (χ2n) is 6.50. The largest absolute Gasteiger partial charge is 0.497 e. The maximum Gasteiger partial charge on any atom is 0.218 e. The van der Waals surface area contributed by atoms with Gasteiger partial charge in [-0.1, -0.05) is 30.3 Å². The summed E-state index contributed by atoms with van der Waals surface area (Å²) in [5, 5.41) is 4.69. The Morgan fingerprint density at radius 1 is 0.769 bits per heavy atom. The fourth-order valence-electron chi connectivity index (χ4n) is 3.83. The third-order valence-electron chi connectivity index (χ3n) is 4.98. The monoisotopic (exact) mass is 344 g/mol. The molecule has 0 radical (unpaired) electrons. The first-order valence-electron chi connectivity index (χ1n) is 8.70. The highest BCUT2D eigenvalue weighted by molar-refractivity contribution is 5.92. The number of methoxy groups -OCH3 is 2. The van der Waals surface area contributed by atoms with Crippen LogP contribution in [0.5, 0.6) is 11.5 Å². The Bertz CT molecular complexity index is 1130. The molecule has 4 rings (SSSR count). The summed E-state index contributed by atoms with van der Waals surface area (Å²) in [6.45, 7) is 4.28. The Labute approximate surface area is 153 Å². The molecule has 0 aliphatic heterocycles. The Hall–Kier alpha value is -3.07. The number of benzene rings is 3. The third kappa shape index (κ3) is 2.48. The number of fused-ring (bicyclic) bond motifs is 2. The number of aryl methyl sites for hydroxylation is 2. The van der Waals surface area contributed by atoms with E-state index < -0.39 is 0 Å². The molecular formula is C23H22NO2+. The molecule has 0 aliphatic rings. The molecule has 0 atom stereocenters. The predicted molar refractivity (Wildman–Crippen MR) is 106 cm³/mol. The number of hydrogen-bond acceptors (Lipinski definition) is 2. The van der Waals surface area contributed by atoms with E-state index in [9.17, 15) is 0 Å². The number of nitrogens with zero attached hydrogens (tertiary/aromatic N) is 1. The smallest absolute Gasteiger partial charge is 0.218 e. The maximum atomic E-state index is 5.68. The van der Waals surface area contributed by atoms with Crippen molar-refractivity contribution in [3.8, 4) is 17.2 Å². The van der Waals surface area contributed by atoms with Crippen LogP contribution in [0.1, 0.15) is 11.4 Å². The Morgan fingerprint density at radius 2 is 1.54 bits per heavy atom. The second-order valence-corrected chi connectivity index (χ2v) is 6.50. The minimum Gasteiger partial charge on any atom is -0.497 e. The molecule has 1 heterocycles. The number of pyridine rings is 1. The van der Waals surface area contributed by atoms with Crippen molar-refractivity contribution in [2.24, 2.45) is 0 Å². The van der Waals surface area contributed by atoms with Crippen LogP contribution in [0.3, 0.4) is 0 Å². The van der Waals surface area contributed by atoms with Gasteiger partial charge < -0.3 is 9.47 Å². The first-order chi connectivity index (χ1) is 12.6. The Balaban J connectivity index is 2.11. The van der Waals surface area contributed by atoms with E-state index in [1.165, 1.54) is 22.2 Å². The van der Waals surface area contributed by atoms with Crippen LogP contribution in [0.15, 0.2) is 60.7 Å². The van der Waals surface area contributed by atoms with Gasteiger partial charge in [-0.2, -0.15) is 4.57 Å². The summed E-state index contributed by atoms with van der Waals surface area (Å²) in [5.74, 6) is 1.63. The van der Waals surface area contributed by atoms with Crippen molar-refractivity contribution in [3.63, 3.8) is 0 Å². The zero-order chi connectivity index (χ0) is 18.3. The molecule has 0 saturated carbocycles. The van der Waals surface area contributed by atoms with Crippen LogP contribution in [0.4, 0.5) is 0 Å². The number of ether oxygens (including phenoxy) is 2. The third-order valence-corrected chi connectivity index (χ3v) is 4.98. The van der Waals surface area contributed by atoms with E-state index in [1.807, 2.05) is 6.07 Å². The number of aromatic nitrogens is 1. The summed E-state index contributed by atoms with van der Waals surface area (Å²) in [6.07, 6.45) is 0. The van der Waals surface area contributed by atoms with Crippen molar-refractivity contribution in [1.29, 1.82) is 0 Å². The van der Waals surface area contributed by atoms with Crippen molar-refractivity contribution in [1.82, 2.24) is 0 Å². The van der Waals surface area contributed by atoms with Gasteiger partial charge >= 0.3 is 0 Å². The zero-order valence-electron chi connectivity index (χ0n) is 15.5. The highest BCUT2D eigenvalue weighted by Gasteiger charge is 2.23. The molecule has 0 amide bonds. The van der Waals surface area contributed by atoms with Crippen molar-refractivity contribution in [2.75, 3.05) is 14.2 Å². The normalized spacial score (nSPS) is 11.1. The van der Waals surface area contributed by atoms with Gasteiger partial charge in [0.15, 0.2) is 11.4 Å². The van der Waals surface area contributed by atoms with E-state index in [-0.39, 0.29) is 0 Å². The molecule has 0 N–H and O–H groups in total. The van der Waals surface area contributed by atoms with Crippen molar-refractivity contribution < 1.29 is 14.0 Å². The summed E-state index contributed by atoms with van der Waals surface area (Å²) in [5.41, 5.74) is 3.50. The minimum atomic E-state index is 0.802. The molecule has 3 nitrogen and oxygen atoms in total. The van der Waals surface area contributed by atoms with E-state index in [0.29, 0.717) is 0 Å². The summed E-state index contributed by atoms with van der Waals surface area (Å²) in [4.78, 5) is 0. The first kappa shape index (κ1) is 16.4. The fraction of sp³-hybridized carbons (Fsp3) is 0.174. The van der Waals surface area contributed by atoms with Crippen LogP contribution in [-0.4, -0.2) is 14.2 Å². The maximum absolute atomic E-state index is 5.68. The summed E-state index contributed by atoms with van der Waals surface area (Å²) in [7, 11) is 3.38. The average Bonchev–Trinajstić information content (AvgIpc) is 2.67. The van der Waals surface area contributed by atoms with Crippen LogP contribution >= 0.6 is 0 Å². The van der Waals surface area contributed by atoms with Gasteiger partial charge in [0.05, 0.1) is 25.0 Å². The lowest BCUT2D eigenvalue weighted by atomic mass is 10.0. The minimum absolute atomic E-state index is 0.802. The van der Waals surface area contributed by atoms with Gasteiger partial charge in [-0.15, -0.1) is 0 Å². The van der Waals surface area contributed by atoms with Crippen molar-refractivity contribution >= 4 is 21.5 Å². The molecular weight excluding hydrogens is 322 g/mol. The molecule has 1 aromatic heterocycles. The van der Waals surface area contributed by atoms with E-state index >= 15 is 0 Å². The molecule has 130 valence electrons. The molecule has 0 saturated heterocycles. The molecule has 4 aromatic rings. The van der Waals surface area contributed by atoms with Gasteiger partial charge in [-0.05, 0) is 17.5 Å². The van der Waals surface area contributed by atoms with Crippen molar-refractivity contribution in [2.45, 2.75) is 13.8 Å². The van der Waals surface area contributed by atoms with Crippen molar-refractivity contribution in [3.05, 3.63) is 72.1 Å². The van der Waals surface area contributed by atoms with Gasteiger partial charge in [0, 0.05) is 37.4 Å². The highest BCUT2D eigenvalue weighted by Crippen LogP contribution is 2.33. The van der Waals surface area contributed by atoms with E-state index in [1.54, 1.807) is 14.2 Å². The topological polar surface area (TPSA) is 22.3 Å². The van der Waals surface area contributed by atoms with Gasteiger partial charge in [0.25, 0.3) is 0 Å². The summed E-state index contributed by atoms with van der Waals surface area (Å²) in [6, 6.07) is 21.1. The Kier molecular flexibility index (Phi) is 4.00. The SMILES string of the molecule is COc1cc(OC)c2c(C)[n+](-c3cccc4ccccc34)c(C)cc2c1. The quantitative estimate of drug-likeness (QED) is 0.493. The standard InChI is InChI=1S/C23H22NO2/c1-15-12-18-13-19(25-3)14-22(26-4)23(18)16(2)24(15)21-11-7-9-17-8-5-6-10-20(17)21/h5-14H,1-4H3/q+1.